The molecule has 0 aliphatic heterocycles. The lowest BCUT2D eigenvalue weighted by atomic mass is 9.82. The minimum atomic E-state index is 0.423. The lowest BCUT2D eigenvalue weighted by Crippen LogP contribution is -2.36. The molecule has 0 aromatic carbocycles. The van der Waals surface area contributed by atoms with Gasteiger partial charge in [0.05, 0.1) is 6.04 Å². The van der Waals surface area contributed by atoms with Crippen molar-refractivity contribution in [2.24, 2.45) is 11.8 Å². The summed E-state index contributed by atoms with van der Waals surface area (Å²) in [6.45, 7) is 4.40. The van der Waals surface area contributed by atoms with Crippen LogP contribution in [0.2, 0.25) is 0 Å². The minimum Gasteiger partial charge on any atom is -0.305 e. The van der Waals surface area contributed by atoms with Crippen LogP contribution >= 0.6 is 11.3 Å². The first-order chi connectivity index (χ1) is 8.72. The second kappa shape index (κ2) is 5.30. The normalized spacial score (nSPS) is 30.3. The Hall–Kier alpha value is -0.410. The van der Waals surface area contributed by atoms with Crippen molar-refractivity contribution >= 4 is 11.3 Å². The first-order valence-corrected chi connectivity index (χ1v) is 8.22. The maximum atomic E-state index is 4.50. The average molecular weight is 264 g/mol. The molecule has 1 aromatic rings. The van der Waals surface area contributed by atoms with Crippen molar-refractivity contribution in [3.63, 3.8) is 0 Å². The smallest absolute Gasteiger partial charge is 0.109 e. The molecule has 18 heavy (non-hydrogen) atoms. The number of aryl methyl sites for hydroxylation is 1. The highest BCUT2D eigenvalue weighted by Gasteiger charge is 2.34. The summed E-state index contributed by atoms with van der Waals surface area (Å²) in [6.07, 6.45) is 10.6. The Morgan fingerprint density at radius 2 is 2.11 bits per heavy atom. The topological polar surface area (TPSA) is 24.9 Å². The summed E-state index contributed by atoms with van der Waals surface area (Å²) in [5, 5.41) is 5.06. The molecule has 0 spiro atoms. The molecule has 3 rings (SSSR count). The van der Waals surface area contributed by atoms with E-state index in [-0.39, 0.29) is 0 Å². The van der Waals surface area contributed by atoms with Crippen molar-refractivity contribution in [1.29, 1.82) is 0 Å². The van der Waals surface area contributed by atoms with Crippen molar-refractivity contribution in [1.82, 2.24) is 10.3 Å². The van der Waals surface area contributed by atoms with Gasteiger partial charge in [0, 0.05) is 17.1 Å². The molecule has 0 amide bonds. The fraction of sp³-hybridized carbons (Fsp3) is 0.800. The SMILES string of the molecule is Cc1cnc(C(C)NC2CCCC(C3CC3)C2)s1. The summed E-state index contributed by atoms with van der Waals surface area (Å²) in [6, 6.07) is 1.15. The number of aromatic nitrogens is 1. The van der Waals surface area contributed by atoms with Crippen molar-refractivity contribution in [2.75, 3.05) is 0 Å². The Labute approximate surface area is 114 Å². The maximum absolute atomic E-state index is 4.50. The molecule has 1 N–H and O–H groups in total. The third-order valence-corrected chi connectivity index (χ3v) is 5.59. The third-order valence-electron chi connectivity index (χ3n) is 4.50. The molecule has 2 nitrogen and oxygen atoms in total. The Balaban J connectivity index is 1.55. The number of nitrogens with one attached hydrogen (secondary N) is 1. The molecule has 2 fully saturated rings. The maximum Gasteiger partial charge on any atom is 0.109 e. The summed E-state index contributed by atoms with van der Waals surface area (Å²) in [7, 11) is 0. The van der Waals surface area contributed by atoms with Gasteiger partial charge in [-0.1, -0.05) is 12.8 Å². The number of nitrogens with zero attached hydrogens (tertiary/aromatic N) is 1. The van der Waals surface area contributed by atoms with Gasteiger partial charge in [-0.05, 0) is 51.4 Å². The van der Waals surface area contributed by atoms with E-state index in [0.717, 1.165) is 17.9 Å². The van der Waals surface area contributed by atoms with Gasteiger partial charge < -0.3 is 5.32 Å². The zero-order chi connectivity index (χ0) is 12.5. The van der Waals surface area contributed by atoms with Gasteiger partial charge in [-0.25, -0.2) is 4.98 Å². The minimum absolute atomic E-state index is 0.423. The van der Waals surface area contributed by atoms with Crippen LogP contribution in [-0.2, 0) is 0 Å². The second-order valence-corrected chi connectivity index (χ2v) is 7.42. The molecule has 2 aliphatic carbocycles. The molecule has 1 heterocycles. The number of hydrogen-bond acceptors (Lipinski definition) is 3. The van der Waals surface area contributed by atoms with Crippen LogP contribution in [0.4, 0.5) is 0 Å². The molecule has 0 saturated heterocycles. The van der Waals surface area contributed by atoms with Gasteiger partial charge in [-0.3, -0.25) is 0 Å². The van der Waals surface area contributed by atoms with Crippen LogP contribution in [0.5, 0.6) is 0 Å². The average Bonchev–Trinajstić information content (AvgIpc) is 3.12. The standard InChI is InChI=1S/C15H24N2S/c1-10-9-16-15(18-10)11(2)17-14-5-3-4-13(8-14)12-6-7-12/h9,11-14,17H,3-8H2,1-2H3. The highest BCUT2D eigenvalue weighted by Crippen LogP contribution is 2.44. The van der Waals surface area contributed by atoms with Crippen LogP contribution in [0.3, 0.4) is 0 Å². The van der Waals surface area contributed by atoms with Gasteiger partial charge in [-0.2, -0.15) is 0 Å². The van der Waals surface area contributed by atoms with Crippen molar-refractivity contribution < 1.29 is 0 Å². The lowest BCUT2D eigenvalue weighted by Gasteiger charge is -2.31. The number of thiazole rings is 1. The van der Waals surface area contributed by atoms with E-state index >= 15 is 0 Å². The monoisotopic (exact) mass is 264 g/mol. The third kappa shape index (κ3) is 2.94. The molecular formula is C15H24N2S. The van der Waals surface area contributed by atoms with E-state index in [4.69, 9.17) is 0 Å². The van der Waals surface area contributed by atoms with Crippen molar-refractivity contribution in [3.05, 3.63) is 16.1 Å². The van der Waals surface area contributed by atoms with Gasteiger partial charge in [0.1, 0.15) is 5.01 Å². The molecule has 1 aromatic heterocycles. The Bertz CT molecular complexity index is 397. The van der Waals surface area contributed by atoms with E-state index in [2.05, 4.69) is 24.1 Å². The van der Waals surface area contributed by atoms with Gasteiger partial charge in [0.25, 0.3) is 0 Å². The molecule has 0 radical (unpaired) electrons. The van der Waals surface area contributed by atoms with Gasteiger partial charge in [0.15, 0.2) is 0 Å². The molecule has 0 bridgehead atoms. The molecule has 3 atom stereocenters. The van der Waals surface area contributed by atoms with Gasteiger partial charge >= 0.3 is 0 Å². The highest BCUT2D eigenvalue weighted by molar-refractivity contribution is 7.11. The van der Waals surface area contributed by atoms with E-state index in [0.29, 0.717) is 6.04 Å². The van der Waals surface area contributed by atoms with E-state index in [1.807, 2.05) is 17.5 Å². The van der Waals surface area contributed by atoms with Crippen LogP contribution in [0, 0.1) is 18.8 Å². The lowest BCUT2D eigenvalue weighted by molar-refractivity contribution is 0.249. The Morgan fingerprint density at radius 1 is 1.28 bits per heavy atom. The number of rotatable bonds is 4. The molecule has 2 aliphatic rings. The molecule has 3 heteroatoms. The van der Waals surface area contributed by atoms with Crippen LogP contribution in [-0.4, -0.2) is 11.0 Å². The highest BCUT2D eigenvalue weighted by atomic mass is 32.1. The molecule has 100 valence electrons. The Kier molecular flexibility index (Phi) is 3.71. The van der Waals surface area contributed by atoms with Crippen LogP contribution < -0.4 is 5.32 Å². The quantitative estimate of drug-likeness (QED) is 0.886. The van der Waals surface area contributed by atoms with Crippen molar-refractivity contribution in [3.8, 4) is 0 Å². The summed E-state index contributed by atoms with van der Waals surface area (Å²) in [5.74, 6) is 2.09. The summed E-state index contributed by atoms with van der Waals surface area (Å²) in [5.41, 5.74) is 0. The Morgan fingerprint density at radius 3 is 2.78 bits per heavy atom. The van der Waals surface area contributed by atoms with E-state index < -0.39 is 0 Å². The van der Waals surface area contributed by atoms with Crippen LogP contribution in [0.1, 0.15) is 61.4 Å². The van der Waals surface area contributed by atoms with Gasteiger partial charge in [-0.15, -0.1) is 11.3 Å². The van der Waals surface area contributed by atoms with Crippen molar-refractivity contribution in [2.45, 2.75) is 64.5 Å². The zero-order valence-electron chi connectivity index (χ0n) is 11.5. The predicted molar refractivity (Wildman–Crippen MR) is 76.9 cm³/mol. The predicted octanol–water partition coefficient (Wildman–Crippen LogP) is 4.07. The summed E-state index contributed by atoms with van der Waals surface area (Å²) in [4.78, 5) is 5.82. The first kappa shape index (κ1) is 12.6. The fourth-order valence-corrected chi connectivity index (χ4v) is 4.16. The van der Waals surface area contributed by atoms with Crippen LogP contribution in [0.15, 0.2) is 6.20 Å². The van der Waals surface area contributed by atoms with E-state index in [9.17, 15) is 0 Å². The molecular weight excluding hydrogens is 240 g/mol. The van der Waals surface area contributed by atoms with Gasteiger partial charge in [0.2, 0.25) is 0 Å². The number of hydrogen-bond donors (Lipinski definition) is 1. The summed E-state index contributed by atoms with van der Waals surface area (Å²) >= 11 is 1.83. The van der Waals surface area contributed by atoms with Crippen LogP contribution in [0.25, 0.3) is 0 Å². The second-order valence-electron chi connectivity index (χ2n) is 6.16. The van der Waals surface area contributed by atoms with E-state index in [1.165, 1.54) is 48.4 Å². The molecule has 2 saturated carbocycles. The first-order valence-electron chi connectivity index (χ1n) is 7.40. The fourth-order valence-electron chi connectivity index (χ4n) is 3.37. The zero-order valence-corrected chi connectivity index (χ0v) is 12.3. The largest absolute Gasteiger partial charge is 0.305 e. The summed E-state index contributed by atoms with van der Waals surface area (Å²) < 4.78 is 0. The van der Waals surface area contributed by atoms with E-state index in [1.54, 1.807) is 0 Å². The molecule has 3 unspecified atom stereocenters.